The number of amides is 3. The van der Waals surface area contributed by atoms with Crippen LogP contribution in [0.25, 0.3) is 11.1 Å². The molecule has 1 fully saturated rings. The summed E-state index contributed by atoms with van der Waals surface area (Å²) in [6.07, 6.45) is 1.51. The third-order valence-electron chi connectivity index (χ3n) is 6.40. The van der Waals surface area contributed by atoms with Crippen LogP contribution in [0.1, 0.15) is 29.0 Å². The fourth-order valence-electron chi connectivity index (χ4n) is 4.74. The Kier molecular flexibility index (Phi) is 6.11. The molecular formula is C27H24N2O4S. The van der Waals surface area contributed by atoms with E-state index in [-0.39, 0.29) is 23.0 Å². The molecule has 0 aliphatic carbocycles. The van der Waals surface area contributed by atoms with Crippen molar-refractivity contribution >= 4 is 34.5 Å². The molecule has 7 heteroatoms. The van der Waals surface area contributed by atoms with Crippen LogP contribution in [0.4, 0.5) is 10.5 Å². The second-order valence-corrected chi connectivity index (χ2v) is 9.56. The largest absolute Gasteiger partial charge is 0.495 e. The Morgan fingerprint density at radius 1 is 0.912 bits per heavy atom. The first kappa shape index (κ1) is 22.2. The number of carbonyl (C=O) groups is 3. The molecule has 2 aliphatic rings. The lowest BCUT2D eigenvalue weighted by Gasteiger charge is -2.28. The fraction of sp³-hybridized carbons (Fsp3) is 0.222. The smallest absolute Gasteiger partial charge is 0.286 e. The van der Waals surface area contributed by atoms with Gasteiger partial charge in [-0.2, -0.15) is 0 Å². The highest BCUT2D eigenvalue weighted by molar-refractivity contribution is 8.15. The predicted octanol–water partition coefficient (Wildman–Crippen LogP) is 4.92. The van der Waals surface area contributed by atoms with E-state index in [0.29, 0.717) is 30.7 Å². The molecule has 172 valence electrons. The second-order valence-electron chi connectivity index (χ2n) is 8.45. The molecule has 3 aromatic rings. The molecule has 34 heavy (non-hydrogen) atoms. The van der Waals surface area contributed by atoms with E-state index in [1.807, 2.05) is 30.3 Å². The molecule has 3 amide bonds. The summed E-state index contributed by atoms with van der Waals surface area (Å²) < 4.78 is 5.48. The molecule has 3 aromatic carbocycles. The highest BCUT2D eigenvalue weighted by atomic mass is 32.2. The Labute approximate surface area is 202 Å². The van der Waals surface area contributed by atoms with Crippen molar-refractivity contribution in [2.75, 3.05) is 12.4 Å². The van der Waals surface area contributed by atoms with Gasteiger partial charge in [-0.1, -0.05) is 72.4 Å². The highest BCUT2D eigenvalue weighted by Crippen LogP contribution is 2.43. The molecule has 2 N–H and O–H groups in total. The third kappa shape index (κ3) is 4.31. The fourth-order valence-corrected chi connectivity index (χ4v) is 5.70. The maximum atomic E-state index is 12.7. The van der Waals surface area contributed by atoms with Gasteiger partial charge in [0, 0.05) is 12.3 Å². The standard InChI is InChI=1S/C27H24N2O4S/c1-33-22-13-11-19(20-12-14-23(30)28-24(20)22)21(25-26(31)29-27(32)34-25)15-16-7-9-18(10-8-16)17-5-3-2-4-6-17/h2-11,13,21,25H,12,14-15H2,1H3,(H,28,30)(H,29,31,32). The lowest BCUT2D eigenvalue weighted by molar-refractivity contribution is -0.119. The normalized spacial score (nSPS) is 18.1. The summed E-state index contributed by atoms with van der Waals surface area (Å²) in [6.45, 7) is 0. The highest BCUT2D eigenvalue weighted by Gasteiger charge is 2.40. The van der Waals surface area contributed by atoms with Crippen LogP contribution in [0.3, 0.4) is 0 Å². The third-order valence-corrected chi connectivity index (χ3v) is 7.51. The molecule has 5 rings (SSSR count). The molecule has 1 saturated heterocycles. The van der Waals surface area contributed by atoms with Crippen LogP contribution in [-0.4, -0.2) is 29.4 Å². The minimum atomic E-state index is -0.545. The topological polar surface area (TPSA) is 84.5 Å². The van der Waals surface area contributed by atoms with Gasteiger partial charge in [-0.05, 0) is 46.7 Å². The van der Waals surface area contributed by atoms with Crippen LogP contribution in [0, 0.1) is 0 Å². The Bertz CT molecular complexity index is 1260. The minimum absolute atomic E-state index is 0.0563. The molecule has 2 unspecified atom stereocenters. The van der Waals surface area contributed by atoms with Gasteiger partial charge in [-0.25, -0.2) is 0 Å². The van der Waals surface area contributed by atoms with Crippen molar-refractivity contribution in [1.29, 1.82) is 0 Å². The number of thioether (sulfide) groups is 1. The number of nitrogens with one attached hydrogen (secondary N) is 2. The van der Waals surface area contributed by atoms with Crippen LogP contribution >= 0.6 is 11.8 Å². The van der Waals surface area contributed by atoms with E-state index < -0.39 is 5.25 Å². The number of hydrogen-bond acceptors (Lipinski definition) is 5. The second kappa shape index (κ2) is 9.35. The van der Waals surface area contributed by atoms with E-state index in [1.54, 1.807) is 7.11 Å². The number of rotatable bonds is 6. The molecule has 0 bridgehead atoms. The van der Waals surface area contributed by atoms with E-state index in [1.165, 1.54) is 0 Å². The number of fused-ring (bicyclic) bond motifs is 1. The van der Waals surface area contributed by atoms with Crippen molar-refractivity contribution < 1.29 is 19.1 Å². The van der Waals surface area contributed by atoms with Gasteiger partial charge in [0.05, 0.1) is 12.8 Å². The molecule has 2 heterocycles. The number of carbonyl (C=O) groups excluding carboxylic acids is 3. The number of imide groups is 1. The monoisotopic (exact) mass is 472 g/mol. The first-order chi connectivity index (χ1) is 16.5. The maximum absolute atomic E-state index is 12.7. The lowest BCUT2D eigenvalue weighted by atomic mass is 9.82. The van der Waals surface area contributed by atoms with Gasteiger partial charge in [0.2, 0.25) is 11.8 Å². The van der Waals surface area contributed by atoms with Crippen molar-refractivity contribution in [3.63, 3.8) is 0 Å². The van der Waals surface area contributed by atoms with E-state index in [0.717, 1.165) is 39.6 Å². The number of anilines is 1. The number of hydrogen-bond donors (Lipinski definition) is 2. The Morgan fingerprint density at radius 2 is 1.65 bits per heavy atom. The predicted molar refractivity (Wildman–Crippen MR) is 133 cm³/mol. The quantitative estimate of drug-likeness (QED) is 0.532. The van der Waals surface area contributed by atoms with Gasteiger partial charge in [0.1, 0.15) is 11.0 Å². The average Bonchev–Trinajstić information content (AvgIpc) is 3.20. The zero-order valence-corrected chi connectivity index (χ0v) is 19.5. The summed E-state index contributed by atoms with van der Waals surface area (Å²) in [5.41, 5.74) is 5.93. The molecule has 2 atom stereocenters. The number of methoxy groups -OCH3 is 1. The first-order valence-electron chi connectivity index (χ1n) is 11.2. The Hall–Kier alpha value is -3.58. The minimum Gasteiger partial charge on any atom is -0.495 e. The summed E-state index contributed by atoms with van der Waals surface area (Å²) in [5, 5.41) is 4.50. The maximum Gasteiger partial charge on any atom is 0.286 e. The zero-order chi connectivity index (χ0) is 23.7. The summed E-state index contributed by atoms with van der Waals surface area (Å²) in [5.74, 6) is 0.0236. The SMILES string of the molecule is COc1ccc(C(Cc2ccc(-c3ccccc3)cc2)C2SC(=O)NC2=O)c2c1NC(=O)CC2. The molecule has 0 radical (unpaired) electrons. The zero-order valence-electron chi connectivity index (χ0n) is 18.7. The van der Waals surface area contributed by atoms with Crippen molar-refractivity contribution in [3.8, 4) is 16.9 Å². The van der Waals surface area contributed by atoms with Gasteiger partial charge in [-0.3, -0.25) is 19.7 Å². The molecule has 0 saturated carbocycles. The molecule has 0 spiro atoms. The van der Waals surface area contributed by atoms with Crippen LogP contribution in [0.2, 0.25) is 0 Å². The molecular weight excluding hydrogens is 448 g/mol. The van der Waals surface area contributed by atoms with Gasteiger partial charge in [0.15, 0.2) is 0 Å². The van der Waals surface area contributed by atoms with E-state index in [2.05, 4.69) is 47.0 Å². The van der Waals surface area contributed by atoms with Gasteiger partial charge < -0.3 is 10.1 Å². The molecule has 2 aliphatic heterocycles. The first-order valence-corrected chi connectivity index (χ1v) is 12.1. The van der Waals surface area contributed by atoms with Gasteiger partial charge in [-0.15, -0.1) is 0 Å². The van der Waals surface area contributed by atoms with Crippen molar-refractivity contribution in [2.24, 2.45) is 0 Å². The summed E-state index contributed by atoms with van der Waals surface area (Å²) >= 11 is 1.04. The number of ether oxygens (including phenoxy) is 1. The van der Waals surface area contributed by atoms with E-state index in [9.17, 15) is 14.4 Å². The average molecular weight is 473 g/mol. The summed E-state index contributed by atoms with van der Waals surface area (Å²) in [6, 6.07) is 22.3. The lowest BCUT2D eigenvalue weighted by Crippen LogP contribution is -2.31. The van der Waals surface area contributed by atoms with E-state index >= 15 is 0 Å². The Balaban J connectivity index is 1.53. The van der Waals surface area contributed by atoms with Crippen LogP contribution in [-0.2, 0) is 22.4 Å². The van der Waals surface area contributed by atoms with Crippen molar-refractivity contribution in [2.45, 2.75) is 30.4 Å². The van der Waals surface area contributed by atoms with Gasteiger partial charge in [0.25, 0.3) is 5.24 Å². The van der Waals surface area contributed by atoms with Crippen molar-refractivity contribution in [3.05, 3.63) is 83.4 Å². The van der Waals surface area contributed by atoms with Crippen molar-refractivity contribution in [1.82, 2.24) is 5.32 Å². The van der Waals surface area contributed by atoms with Gasteiger partial charge >= 0.3 is 0 Å². The van der Waals surface area contributed by atoms with Crippen LogP contribution in [0.5, 0.6) is 5.75 Å². The van der Waals surface area contributed by atoms with Crippen LogP contribution < -0.4 is 15.4 Å². The number of benzene rings is 3. The summed E-state index contributed by atoms with van der Waals surface area (Å²) in [7, 11) is 1.57. The van der Waals surface area contributed by atoms with Crippen LogP contribution in [0.15, 0.2) is 66.7 Å². The summed E-state index contributed by atoms with van der Waals surface area (Å²) in [4.78, 5) is 36.9. The molecule has 0 aromatic heterocycles. The molecule has 6 nitrogen and oxygen atoms in total. The van der Waals surface area contributed by atoms with E-state index in [4.69, 9.17) is 4.74 Å². The Morgan fingerprint density at radius 3 is 2.32 bits per heavy atom.